The van der Waals surface area contributed by atoms with Crippen LogP contribution in [0, 0.1) is 12.3 Å². The van der Waals surface area contributed by atoms with E-state index in [9.17, 15) is 0 Å². The van der Waals surface area contributed by atoms with E-state index in [1.165, 1.54) is 15.6 Å². The summed E-state index contributed by atoms with van der Waals surface area (Å²) >= 11 is 1.82. The van der Waals surface area contributed by atoms with Crippen molar-refractivity contribution >= 4 is 17.3 Å². The van der Waals surface area contributed by atoms with Gasteiger partial charge in [0.15, 0.2) is 5.96 Å². The number of aryl methyl sites for hydroxylation is 2. The predicted molar refractivity (Wildman–Crippen MR) is 95.9 cm³/mol. The van der Waals surface area contributed by atoms with Gasteiger partial charge in [-0.15, -0.1) is 11.3 Å². The number of aromatic nitrogens is 1. The molecule has 1 saturated heterocycles. The molecule has 1 aliphatic rings. The molecule has 0 amide bonds. The lowest BCUT2D eigenvalue weighted by Crippen LogP contribution is -2.72. The van der Waals surface area contributed by atoms with E-state index >= 15 is 0 Å². The molecule has 5 heteroatoms. The number of rotatable bonds is 4. The highest BCUT2D eigenvalue weighted by molar-refractivity contribution is 7.11. The van der Waals surface area contributed by atoms with Crippen LogP contribution in [0.15, 0.2) is 4.99 Å². The summed E-state index contributed by atoms with van der Waals surface area (Å²) < 4.78 is 0. The highest BCUT2D eigenvalue weighted by atomic mass is 32.1. The summed E-state index contributed by atoms with van der Waals surface area (Å²) in [6, 6.07) is 0. The Hall–Kier alpha value is -1.10. The van der Waals surface area contributed by atoms with E-state index < -0.39 is 0 Å². The molecule has 0 aliphatic carbocycles. The Balaban J connectivity index is 1.90. The zero-order valence-electron chi connectivity index (χ0n) is 15.1. The monoisotopic (exact) mass is 322 g/mol. The van der Waals surface area contributed by atoms with Gasteiger partial charge in [-0.2, -0.15) is 0 Å². The molecule has 2 heterocycles. The third-order valence-corrected chi connectivity index (χ3v) is 6.32. The Morgan fingerprint density at radius 1 is 1.36 bits per heavy atom. The average Bonchev–Trinajstić information content (AvgIpc) is 2.82. The second-order valence-electron chi connectivity index (χ2n) is 7.22. The summed E-state index contributed by atoms with van der Waals surface area (Å²) in [7, 11) is 1.87. The van der Waals surface area contributed by atoms with Crippen LogP contribution in [0.25, 0.3) is 0 Å². The minimum atomic E-state index is 0.141. The Kier molecular flexibility index (Phi) is 4.85. The fourth-order valence-electron chi connectivity index (χ4n) is 2.90. The molecule has 0 spiro atoms. The van der Waals surface area contributed by atoms with E-state index in [0.717, 1.165) is 31.9 Å². The Bertz CT molecular complexity index is 557. The van der Waals surface area contributed by atoms with Gasteiger partial charge >= 0.3 is 0 Å². The van der Waals surface area contributed by atoms with Crippen molar-refractivity contribution in [3.8, 4) is 0 Å². The van der Waals surface area contributed by atoms with Gasteiger partial charge in [0, 0.05) is 42.4 Å². The predicted octanol–water partition coefficient (Wildman–Crippen LogP) is 3.25. The first-order chi connectivity index (χ1) is 10.2. The molecular weight excluding hydrogens is 292 g/mol. The molecule has 22 heavy (non-hydrogen) atoms. The first kappa shape index (κ1) is 17.3. The van der Waals surface area contributed by atoms with Gasteiger partial charge in [-0.05, 0) is 27.2 Å². The van der Waals surface area contributed by atoms with Crippen molar-refractivity contribution in [2.75, 3.05) is 20.1 Å². The van der Waals surface area contributed by atoms with Gasteiger partial charge in [0.25, 0.3) is 0 Å². The number of hydrogen-bond acceptors (Lipinski definition) is 3. The van der Waals surface area contributed by atoms with E-state index in [1.807, 2.05) is 18.4 Å². The van der Waals surface area contributed by atoms with Crippen LogP contribution >= 0.6 is 11.3 Å². The van der Waals surface area contributed by atoms with Crippen LogP contribution in [0.3, 0.4) is 0 Å². The quantitative estimate of drug-likeness (QED) is 0.683. The average molecular weight is 323 g/mol. The highest BCUT2D eigenvalue weighted by Crippen LogP contribution is 2.46. The van der Waals surface area contributed by atoms with Gasteiger partial charge < -0.3 is 10.2 Å². The maximum Gasteiger partial charge on any atom is 0.194 e. The summed E-state index contributed by atoms with van der Waals surface area (Å²) in [4.78, 5) is 12.9. The Morgan fingerprint density at radius 3 is 2.50 bits per heavy atom. The van der Waals surface area contributed by atoms with Gasteiger partial charge in [0.05, 0.1) is 10.7 Å². The number of guanidine groups is 1. The molecule has 1 aliphatic heterocycles. The first-order valence-corrected chi connectivity index (χ1v) is 8.98. The molecule has 0 saturated carbocycles. The van der Waals surface area contributed by atoms with Crippen molar-refractivity contribution in [1.82, 2.24) is 15.2 Å². The van der Waals surface area contributed by atoms with Gasteiger partial charge in [-0.3, -0.25) is 4.99 Å². The van der Waals surface area contributed by atoms with Gasteiger partial charge in [-0.1, -0.05) is 20.8 Å². The Morgan fingerprint density at radius 2 is 2.05 bits per heavy atom. The zero-order chi connectivity index (χ0) is 16.5. The molecule has 4 nitrogen and oxygen atoms in total. The fraction of sp³-hybridized carbons (Fsp3) is 0.765. The summed E-state index contributed by atoms with van der Waals surface area (Å²) in [6.45, 7) is 15.5. The van der Waals surface area contributed by atoms with Gasteiger partial charge in [0.2, 0.25) is 0 Å². The largest absolute Gasteiger partial charge is 0.356 e. The van der Waals surface area contributed by atoms with Gasteiger partial charge in [-0.25, -0.2) is 4.98 Å². The van der Waals surface area contributed by atoms with Gasteiger partial charge in [0.1, 0.15) is 0 Å². The van der Waals surface area contributed by atoms with E-state index in [0.29, 0.717) is 5.41 Å². The molecular formula is C17H30N4S. The molecule has 0 atom stereocenters. The van der Waals surface area contributed by atoms with E-state index in [2.05, 4.69) is 56.8 Å². The molecule has 0 aromatic carbocycles. The summed E-state index contributed by atoms with van der Waals surface area (Å²) in [5, 5.41) is 4.73. The smallest absolute Gasteiger partial charge is 0.194 e. The third kappa shape index (κ3) is 3.00. The number of hydrogen-bond donors (Lipinski definition) is 1. The van der Waals surface area contributed by atoms with Crippen molar-refractivity contribution in [3.63, 3.8) is 0 Å². The topological polar surface area (TPSA) is 40.5 Å². The number of likely N-dealkylation sites (tertiary alicyclic amines) is 1. The molecule has 0 bridgehead atoms. The lowest BCUT2D eigenvalue weighted by atomic mass is 9.65. The van der Waals surface area contributed by atoms with Crippen LogP contribution in [-0.4, -0.2) is 41.5 Å². The van der Waals surface area contributed by atoms with E-state index in [4.69, 9.17) is 4.98 Å². The lowest BCUT2D eigenvalue weighted by molar-refractivity contribution is -0.0666. The first-order valence-electron chi connectivity index (χ1n) is 8.16. The molecule has 0 radical (unpaired) electrons. The Labute approximate surface area is 139 Å². The van der Waals surface area contributed by atoms with Crippen LogP contribution in [-0.2, 0) is 12.8 Å². The number of thiazole rings is 1. The fourth-order valence-corrected chi connectivity index (χ4v) is 3.92. The molecule has 1 aromatic heterocycles. The lowest BCUT2D eigenvalue weighted by Gasteiger charge is -2.62. The van der Waals surface area contributed by atoms with Crippen molar-refractivity contribution < 1.29 is 0 Å². The van der Waals surface area contributed by atoms with Crippen LogP contribution in [0.5, 0.6) is 0 Å². The standard InChI is InChI=1S/C17H30N4S/c1-8-13-12(2)22-14(20-13)9-10-19-15(18-7)21-11-16(3,4)17(21,5)6/h8-11H2,1-7H3,(H,18,19). The van der Waals surface area contributed by atoms with E-state index in [-0.39, 0.29) is 5.54 Å². The maximum absolute atomic E-state index is 4.71. The molecule has 2 rings (SSSR count). The van der Waals surface area contributed by atoms with Crippen LogP contribution in [0.1, 0.15) is 50.2 Å². The number of nitrogens with zero attached hydrogens (tertiary/aromatic N) is 3. The molecule has 1 aromatic rings. The van der Waals surface area contributed by atoms with Crippen LogP contribution in [0.4, 0.5) is 0 Å². The number of aliphatic imine (C=N–C) groups is 1. The van der Waals surface area contributed by atoms with Crippen molar-refractivity contribution in [3.05, 3.63) is 15.6 Å². The van der Waals surface area contributed by atoms with Crippen LogP contribution < -0.4 is 5.32 Å². The highest BCUT2D eigenvalue weighted by Gasteiger charge is 2.53. The van der Waals surface area contributed by atoms with Crippen molar-refractivity contribution in [2.24, 2.45) is 10.4 Å². The number of nitrogens with one attached hydrogen (secondary N) is 1. The maximum atomic E-state index is 4.71. The minimum absolute atomic E-state index is 0.141. The van der Waals surface area contributed by atoms with Crippen molar-refractivity contribution in [1.29, 1.82) is 0 Å². The molecule has 0 unspecified atom stereocenters. The molecule has 1 N–H and O–H groups in total. The molecule has 124 valence electrons. The van der Waals surface area contributed by atoms with E-state index in [1.54, 1.807) is 0 Å². The summed E-state index contributed by atoms with van der Waals surface area (Å²) in [5.41, 5.74) is 1.71. The third-order valence-electron chi connectivity index (χ3n) is 5.25. The normalized spacial score (nSPS) is 20.0. The SMILES string of the molecule is CCc1nc(CCNC(=NC)N2CC(C)(C)C2(C)C)sc1C. The molecule has 1 fully saturated rings. The second kappa shape index (κ2) is 6.19. The van der Waals surface area contributed by atoms with Crippen LogP contribution in [0.2, 0.25) is 0 Å². The zero-order valence-corrected chi connectivity index (χ0v) is 15.9. The second-order valence-corrected chi connectivity index (χ2v) is 8.50. The minimum Gasteiger partial charge on any atom is -0.356 e. The summed E-state index contributed by atoms with van der Waals surface area (Å²) in [5.74, 6) is 1.01. The van der Waals surface area contributed by atoms with Crippen molar-refractivity contribution in [2.45, 2.75) is 59.9 Å². The summed E-state index contributed by atoms with van der Waals surface area (Å²) in [6.07, 6.45) is 1.98.